The van der Waals surface area contributed by atoms with Crippen LogP contribution in [0.15, 0.2) is 33.7 Å². The van der Waals surface area contributed by atoms with Gasteiger partial charge >= 0.3 is 0 Å². The van der Waals surface area contributed by atoms with Gasteiger partial charge in [-0.2, -0.15) is 0 Å². The van der Waals surface area contributed by atoms with E-state index < -0.39 is 10.0 Å². The SMILES string of the molecule is CCC(C)(C)NC(=O)c1ccc(NS(=O)(=O)c2c(C)noc2C)cc1. The Morgan fingerprint density at radius 1 is 1.20 bits per heavy atom. The van der Waals surface area contributed by atoms with Gasteiger partial charge in [0, 0.05) is 16.8 Å². The maximum absolute atomic E-state index is 12.5. The Bertz CT molecular complexity index is 848. The molecular formula is C17H23N3O4S. The number of carbonyl (C=O) groups excluding carboxylic acids is 1. The van der Waals surface area contributed by atoms with Crippen LogP contribution < -0.4 is 10.0 Å². The van der Waals surface area contributed by atoms with Crippen LogP contribution in [0.4, 0.5) is 5.69 Å². The summed E-state index contributed by atoms with van der Waals surface area (Å²) < 4.78 is 32.3. The van der Waals surface area contributed by atoms with Gasteiger partial charge < -0.3 is 9.84 Å². The summed E-state index contributed by atoms with van der Waals surface area (Å²) >= 11 is 0. The molecule has 2 N–H and O–H groups in total. The number of nitrogens with one attached hydrogen (secondary N) is 2. The lowest BCUT2D eigenvalue weighted by atomic mass is 10.0. The summed E-state index contributed by atoms with van der Waals surface area (Å²) in [6.45, 7) is 8.98. The molecule has 1 aromatic heterocycles. The van der Waals surface area contributed by atoms with Crippen LogP contribution in [0.2, 0.25) is 0 Å². The number of amides is 1. The third-order valence-corrected chi connectivity index (χ3v) is 5.60. The maximum Gasteiger partial charge on any atom is 0.267 e. The Morgan fingerprint density at radius 3 is 2.28 bits per heavy atom. The fourth-order valence-electron chi connectivity index (χ4n) is 2.22. The Morgan fingerprint density at radius 2 is 1.80 bits per heavy atom. The van der Waals surface area contributed by atoms with Crippen LogP contribution in [0, 0.1) is 13.8 Å². The Hall–Kier alpha value is -2.35. The van der Waals surface area contributed by atoms with Crippen molar-refractivity contribution in [1.82, 2.24) is 10.5 Å². The molecule has 1 heterocycles. The molecule has 2 aromatic rings. The molecule has 0 bridgehead atoms. The van der Waals surface area contributed by atoms with Crippen molar-refractivity contribution < 1.29 is 17.7 Å². The number of aromatic nitrogens is 1. The third-order valence-electron chi connectivity index (χ3n) is 3.97. The van der Waals surface area contributed by atoms with E-state index in [2.05, 4.69) is 15.2 Å². The monoisotopic (exact) mass is 365 g/mol. The average molecular weight is 365 g/mol. The molecule has 0 aliphatic rings. The van der Waals surface area contributed by atoms with Gasteiger partial charge in [-0.1, -0.05) is 12.1 Å². The van der Waals surface area contributed by atoms with Crippen LogP contribution in [-0.4, -0.2) is 25.0 Å². The Kier molecular flexibility index (Phi) is 5.22. The lowest BCUT2D eigenvalue weighted by Gasteiger charge is -2.24. The first-order chi connectivity index (χ1) is 11.6. The summed E-state index contributed by atoms with van der Waals surface area (Å²) in [7, 11) is -3.80. The average Bonchev–Trinajstić information content (AvgIpc) is 2.87. The number of hydrogen-bond acceptors (Lipinski definition) is 5. The van der Waals surface area contributed by atoms with Crippen LogP contribution in [-0.2, 0) is 10.0 Å². The largest absolute Gasteiger partial charge is 0.360 e. The number of sulfonamides is 1. The highest BCUT2D eigenvalue weighted by Gasteiger charge is 2.24. The van der Waals surface area contributed by atoms with Crippen molar-refractivity contribution in [2.75, 3.05) is 4.72 Å². The highest BCUT2D eigenvalue weighted by molar-refractivity contribution is 7.92. The summed E-state index contributed by atoms with van der Waals surface area (Å²) in [6, 6.07) is 6.24. The number of hydrogen-bond donors (Lipinski definition) is 2. The molecular weight excluding hydrogens is 342 g/mol. The molecule has 0 unspecified atom stereocenters. The van der Waals surface area contributed by atoms with Gasteiger partial charge in [-0.25, -0.2) is 8.42 Å². The zero-order valence-electron chi connectivity index (χ0n) is 15.0. The smallest absolute Gasteiger partial charge is 0.267 e. The van der Waals surface area contributed by atoms with Crippen molar-refractivity contribution in [2.45, 2.75) is 51.5 Å². The van der Waals surface area contributed by atoms with Crippen molar-refractivity contribution >= 4 is 21.6 Å². The van der Waals surface area contributed by atoms with E-state index in [4.69, 9.17) is 4.52 Å². The van der Waals surface area contributed by atoms with Gasteiger partial charge in [0.2, 0.25) is 0 Å². The molecule has 0 saturated heterocycles. The molecule has 136 valence electrons. The number of aryl methyl sites for hydroxylation is 2. The zero-order valence-corrected chi connectivity index (χ0v) is 15.8. The first-order valence-electron chi connectivity index (χ1n) is 7.94. The van der Waals surface area contributed by atoms with Gasteiger partial charge in [-0.05, 0) is 58.4 Å². The van der Waals surface area contributed by atoms with Gasteiger partial charge in [0.25, 0.3) is 15.9 Å². The van der Waals surface area contributed by atoms with E-state index in [-0.39, 0.29) is 22.1 Å². The minimum absolute atomic E-state index is 0.0269. The summed E-state index contributed by atoms with van der Waals surface area (Å²) in [4.78, 5) is 12.2. The van der Waals surface area contributed by atoms with E-state index in [1.807, 2.05) is 20.8 Å². The predicted octanol–water partition coefficient (Wildman–Crippen LogP) is 3.01. The molecule has 0 radical (unpaired) electrons. The van der Waals surface area contributed by atoms with Crippen LogP contribution in [0.1, 0.15) is 49.0 Å². The highest BCUT2D eigenvalue weighted by Crippen LogP contribution is 2.22. The standard InChI is InChI=1S/C17H23N3O4S/c1-6-17(4,5)18-16(21)13-7-9-14(10-8-13)20-25(22,23)15-11(2)19-24-12(15)3/h7-10,20H,6H2,1-5H3,(H,18,21). The first kappa shape index (κ1) is 19.0. The van der Waals surface area contributed by atoms with Crippen molar-refractivity contribution in [3.63, 3.8) is 0 Å². The highest BCUT2D eigenvalue weighted by atomic mass is 32.2. The lowest BCUT2D eigenvalue weighted by molar-refractivity contribution is 0.0911. The second-order valence-corrected chi connectivity index (χ2v) is 8.15. The molecule has 0 aliphatic heterocycles. The molecule has 8 heteroatoms. The number of rotatable bonds is 6. The van der Waals surface area contributed by atoms with Gasteiger partial charge in [0.15, 0.2) is 10.7 Å². The summed E-state index contributed by atoms with van der Waals surface area (Å²) in [6.07, 6.45) is 0.800. The van der Waals surface area contributed by atoms with Gasteiger partial charge in [0.05, 0.1) is 0 Å². The van der Waals surface area contributed by atoms with Crippen molar-refractivity contribution in [2.24, 2.45) is 0 Å². The van der Waals surface area contributed by atoms with Gasteiger partial charge in [-0.15, -0.1) is 0 Å². The molecule has 1 aromatic carbocycles. The van der Waals surface area contributed by atoms with E-state index in [1.165, 1.54) is 6.92 Å². The molecule has 2 rings (SSSR count). The van der Waals surface area contributed by atoms with Crippen molar-refractivity contribution in [3.05, 3.63) is 41.3 Å². The van der Waals surface area contributed by atoms with E-state index >= 15 is 0 Å². The van der Waals surface area contributed by atoms with E-state index in [0.29, 0.717) is 16.9 Å². The Labute approximate surface area is 147 Å². The molecule has 0 fully saturated rings. The van der Waals surface area contributed by atoms with Crippen LogP contribution in [0.3, 0.4) is 0 Å². The quantitative estimate of drug-likeness (QED) is 0.819. The van der Waals surface area contributed by atoms with Crippen LogP contribution in [0.25, 0.3) is 0 Å². The molecule has 7 nitrogen and oxygen atoms in total. The fourth-order valence-corrected chi connectivity index (χ4v) is 3.61. The summed E-state index contributed by atoms with van der Waals surface area (Å²) in [5, 5.41) is 6.59. The lowest BCUT2D eigenvalue weighted by Crippen LogP contribution is -2.42. The summed E-state index contributed by atoms with van der Waals surface area (Å²) in [5.74, 6) is 0.0229. The second-order valence-electron chi connectivity index (χ2n) is 6.53. The summed E-state index contributed by atoms with van der Waals surface area (Å²) in [5.41, 5.74) is 0.802. The number of benzene rings is 1. The number of nitrogens with zero attached hydrogens (tertiary/aromatic N) is 1. The van der Waals surface area contributed by atoms with Gasteiger partial charge in [0.1, 0.15) is 5.69 Å². The Balaban J connectivity index is 2.17. The van der Waals surface area contributed by atoms with E-state index in [9.17, 15) is 13.2 Å². The van der Waals surface area contributed by atoms with Crippen molar-refractivity contribution in [1.29, 1.82) is 0 Å². The fraction of sp³-hybridized carbons (Fsp3) is 0.412. The number of anilines is 1. The molecule has 0 saturated carbocycles. The maximum atomic E-state index is 12.5. The molecule has 25 heavy (non-hydrogen) atoms. The number of carbonyl (C=O) groups is 1. The minimum Gasteiger partial charge on any atom is -0.360 e. The zero-order chi connectivity index (χ0) is 18.8. The molecule has 0 atom stereocenters. The van der Waals surface area contributed by atoms with Gasteiger partial charge in [-0.3, -0.25) is 9.52 Å². The normalized spacial score (nSPS) is 12.0. The molecule has 0 aliphatic carbocycles. The second kappa shape index (κ2) is 6.87. The molecule has 0 spiro atoms. The van der Waals surface area contributed by atoms with Crippen LogP contribution in [0.5, 0.6) is 0 Å². The van der Waals surface area contributed by atoms with E-state index in [1.54, 1.807) is 31.2 Å². The predicted molar refractivity (Wildman–Crippen MR) is 95.1 cm³/mol. The topological polar surface area (TPSA) is 101 Å². The minimum atomic E-state index is -3.80. The third kappa shape index (κ3) is 4.39. The van der Waals surface area contributed by atoms with E-state index in [0.717, 1.165) is 6.42 Å². The first-order valence-corrected chi connectivity index (χ1v) is 9.42. The molecule has 1 amide bonds. The van der Waals surface area contributed by atoms with Crippen molar-refractivity contribution in [3.8, 4) is 0 Å². The van der Waals surface area contributed by atoms with Crippen LogP contribution >= 0.6 is 0 Å².